The van der Waals surface area contributed by atoms with E-state index >= 15 is 0 Å². The van der Waals surface area contributed by atoms with E-state index in [1.54, 1.807) is 0 Å². The van der Waals surface area contributed by atoms with E-state index in [1.807, 2.05) is 24.3 Å². The van der Waals surface area contributed by atoms with Crippen molar-refractivity contribution < 1.29 is 39.3 Å². The molecule has 0 spiro atoms. The fourth-order valence-electron chi connectivity index (χ4n) is 4.31. The largest absolute Gasteiger partial charge is 0.480 e. The molecule has 0 saturated heterocycles. The van der Waals surface area contributed by atoms with Gasteiger partial charge in [0.05, 0.1) is 18.2 Å². The highest BCUT2D eigenvalue weighted by molar-refractivity contribution is 8.13. The van der Waals surface area contributed by atoms with Gasteiger partial charge in [0.25, 0.3) is 0 Å². The number of aliphatic hydroxyl groups excluding tert-OH is 2. The Balaban J connectivity index is 1.97. The Bertz CT molecular complexity index is 1050. The van der Waals surface area contributed by atoms with E-state index < -0.39 is 60.1 Å². The van der Waals surface area contributed by atoms with Crippen LogP contribution in [0.15, 0.2) is 24.3 Å². The summed E-state index contributed by atoms with van der Waals surface area (Å²) in [6.45, 7) is 4.50. The van der Waals surface area contributed by atoms with Gasteiger partial charge >= 0.3 is 5.97 Å². The van der Waals surface area contributed by atoms with Crippen LogP contribution in [-0.4, -0.2) is 86.3 Å². The minimum absolute atomic E-state index is 0.00992. The van der Waals surface area contributed by atoms with Crippen molar-refractivity contribution in [1.29, 1.82) is 0 Å². The van der Waals surface area contributed by atoms with Crippen LogP contribution in [0, 0.1) is 0 Å². The number of amides is 3. The second-order valence-corrected chi connectivity index (χ2v) is 11.2. The fraction of sp³-hybridized carbons (Fsp3) is 0.593. The molecule has 13 heteroatoms. The number of thioether (sulfide) groups is 1. The van der Waals surface area contributed by atoms with Gasteiger partial charge in [-0.05, 0) is 44.2 Å². The van der Waals surface area contributed by atoms with Crippen molar-refractivity contribution in [2.24, 2.45) is 0 Å². The Morgan fingerprint density at radius 3 is 2.12 bits per heavy atom. The number of benzene rings is 1. The molecule has 40 heavy (non-hydrogen) atoms. The van der Waals surface area contributed by atoms with Crippen molar-refractivity contribution in [3.05, 3.63) is 35.4 Å². The minimum atomic E-state index is -1.53. The summed E-state index contributed by atoms with van der Waals surface area (Å²) in [6, 6.07) is 2.80. The minimum Gasteiger partial charge on any atom is -0.480 e. The molecule has 0 aromatic heterocycles. The zero-order valence-corrected chi connectivity index (χ0v) is 23.8. The maximum Gasteiger partial charge on any atom is 0.326 e. The number of carbonyl (C=O) groups excluding carboxylic acids is 4. The standard InChI is InChI=1S/C27H40N4O8S/c1-15(32)22(25(36)29-20(27(38)39)11-5-4-8-12-40-17(3)34)31-26(37)23(16(2)33)30-24(35)21-13-18-9-6-7-10-19(18)14-28-21/h6-7,9-10,15-16,20-23,28,32-33H,4-5,8,11-14H2,1-3H3,(H,29,36)(H,30,35)(H,31,37)(H,38,39)/t15-,16-,20+,21?,22+,23+/m1/s1. The molecule has 2 rings (SSSR count). The number of fused-ring (bicyclic) bond motifs is 1. The van der Waals surface area contributed by atoms with Gasteiger partial charge in [-0.15, -0.1) is 0 Å². The summed E-state index contributed by atoms with van der Waals surface area (Å²) >= 11 is 1.19. The monoisotopic (exact) mass is 580 g/mol. The molecule has 1 unspecified atom stereocenters. The number of rotatable bonds is 15. The number of aliphatic hydroxyl groups is 2. The van der Waals surface area contributed by atoms with Gasteiger partial charge in [0.1, 0.15) is 18.1 Å². The van der Waals surface area contributed by atoms with Crippen molar-refractivity contribution in [3.8, 4) is 0 Å². The van der Waals surface area contributed by atoms with Gasteiger partial charge in [-0.3, -0.25) is 19.2 Å². The number of aliphatic carboxylic acids is 1. The maximum absolute atomic E-state index is 13.0. The average Bonchev–Trinajstić information content (AvgIpc) is 2.90. The first-order valence-electron chi connectivity index (χ1n) is 13.3. The van der Waals surface area contributed by atoms with Gasteiger partial charge in [-0.25, -0.2) is 4.79 Å². The van der Waals surface area contributed by atoms with E-state index in [-0.39, 0.29) is 11.5 Å². The predicted molar refractivity (Wildman–Crippen MR) is 149 cm³/mol. The molecule has 1 aromatic carbocycles. The topological polar surface area (TPSA) is 194 Å². The molecule has 12 nitrogen and oxygen atoms in total. The number of unbranched alkanes of at least 4 members (excludes halogenated alkanes) is 2. The fourth-order valence-corrected chi connectivity index (χ4v) is 4.95. The van der Waals surface area contributed by atoms with Gasteiger partial charge in [0.15, 0.2) is 5.12 Å². The summed E-state index contributed by atoms with van der Waals surface area (Å²) in [4.78, 5) is 61.5. The summed E-state index contributed by atoms with van der Waals surface area (Å²) in [5, 5.41) is 40.3. The van der Waals surface area contributed by atoms with Gasteiger partial charge in [0, 0.05) is 19.2 Å². The molecule has 0 bridgehead atoms. The van der Waals surface area contributed by atoms with Crippen molar-refractivity contribution in [2.45, 2.75) is 95.8 Å². The Hall–Kier alpha value is -3.00. The van der Waals surface area contributed by atoms with Gasteiger partial charge < -0.3 is 36.6 Å². The zero-order chi connectivity index (χ0) is 29.8. The van der Waals surface area contributed by atoms with E-state index in [1.165, 1.54) is 32.5 Å². The molecule has 1 aliphatic rings. The molecule has 0 radical (unpaired) electrons. The highest BCUT2D eigenvalue weighted by atomic mass is 32.2. The summed E-state index contributed by atoms with van der Waals surface area (Å²) < 4.78 is 0. The molecule has 3 amide bonds. The molecule has 222 valence electrons. The number of carbonyl (C=O) groups is 5. The van der Waals surface area contributed by atoms with Crippen LogP contribution in [0.3, 0.4) is 0 Å². The van der Waals surface area contributed by atoms with Crippen molar-refractivity contribution in [2.75, 3.05) is 5.75 Å². The third-order valence-electron chi connectivity index (χ3n) is 6.58. The van der Waals surface area contributed by atoms with E-state index in [0.29, 0.717) is 38.0 Å². The summed E-state index contributed by atoms with van der Waals surface area (Å²) in [7, 11) is 0. The molecule has 0 saturated carbocycles. The van der Waals surface area contributed by atoms with Crippen molar-refractivity contribution >= 4 is 40.6 Å². The lowest BCUT2D eigenvalue weighted by molar-refractivity contribution is -0.143. The third-order valence-corrected chi connectivity index (χ3v) is 7.48. The molecular weight excluding hydrogens is 540 g/mol. The van der Waals surface area contributed by atoms with Crippen molar-refractivity contribution in [3.63, 3.8) is 0 Å². The van der Waals surface area contributed by atoms with Crippen molar-refractivity contribution in [1.82, 2.24) is 21.3 Å². The second kappa shape index (κ2) is 16.3. The highest BCUT2D eigenvalue weighted by Gasteiger charge is 2.35. The first-order chi connectivity index (χ1) is 18.9. The summed E-state index contributed by atoms with van der Waals surface area (Å²) in [6.07, 6.45) is -0.358. The lowest BCUT2D eigenvalue weighted by atomic mass is 9.95. The second-order valence-electron chi connectivity index (χ2n) is 9.95. The van der Waals surface area contributed by atoms with Crippen LogP contribution in [0.2, 0.25) is 0 Å². The van der Waals surface area contributed by atoms with E-state index in [4.69, 9.17) is 0 Å². The van der Waals surface area contributed by atoms with Crippen LogP contribution in [0.5, 0.6) is 0 Å². The Morgan fingerprint density at radius 2 is 1.52 bits per heavy atom. The van der Waals surface area contributed by atoms with E-state index in [0.717, 1.165) is 11.1 Å². The lowest BCUT2D eigenvalue weighted by Crippen LogP contribution is -2.62. The highest BCUT2D eigenvalue weighted by Crippen LogP contribution is 2.16. The molecule has 7 N–H and O–H groups in total. The van der Waals surface area contributed by atoms with Crippen LogP contribution >= 0.6 is 11.8 Å². The Morgan fingerprint density at radius 1 is 0.925 bits per heavy atom. The van der Waals surface area contributed by atoms with Gasteiger partial charge in [0.2, 0.25) is 17.7 Å². The average molecular weight is 581 g/mol. The number of hydrogen-bond donors (Lipinski definition) is 7. The smallest absolute Gasteiger partial charge is 0.326 e. The molecule has 1 aromatic rings. The first kappa shape index (κ1) is 33.2. The van der Waals surface area contributed by atoms with Gasteiger partial charge in [-0.1, -0.05) is 48.9 Å². The lowest BCUT2D eigenvalue weighted by Gasteiger charge is -2.29. The molecular formula is C27H40N4O8S. The van der Waals surface area contributed by atoms with Crippen LogP contribution < -0.4 is 21.3 Å². The number of carboxylic acid groups (broad SMARTS) is 1. The quantitative estimate of drug-likeness (QED) is 0.137. The third kappa shape index (κ3) is 10.5. The van der Waals surface area contributed by atoms with Crippen LogP contribution in [0.4, 0.5) is 0 Å². The van der Waals surface area contributed by atoms with Crippen LogP contribution in [-0.2, 0) is 36.9 Å². The van der Waals surface area contributed by atoms with Crippen LogP contribution in [0.25, 0.3) is 0 Å². The number of nitrogens with one attached hydrogen (secondary N) is 4. The molecule has 1 heterocycles. The normalized spacial score (nSPS) is 18.3. The molecule has 0 fully saturated rings. The summed E-state index contributed by atoms with van der Waals surface area (Å²) in [5.41, 5.74) is 2.06. The van der Waals surface area contributed by atoms with Gasteiger partial charge in [-0.2, -0.15) is 0 Å². The Kier molecular flexibility index (Phi) is 13.5. The Labute approximate surface area is 238 Å². The summed E-state index contributed by atoms with van der Waals surface area (Å²) in [5.74, 6) is -2.97. The first-order valence-corrected chi connectivity index (χ1v) is 14.3. The van der Waals surface area contributed by atoms with E-state index in [9.17, 15) is 39.3 Å². The van der Waals surface area contributed by atoms with E-state index in [2.05, 4.69) is 21.3 Å². The molecule has 6 atom stereocenters. The van der Waals surface area contributed by atoms with Crippen LogP contribution in [0.1, 0.15) is 57.6 Å². The maximum atomic E-state index is 13.0. The number of hydrogen-bond acceptors (Lipinski definition) is 9. The SMILES string of the molecule is CC(=O)SCCCCC[C@H](NC(=O)[C@@H](NC(=O)[C@@H](NC(=O)C1Cc2ccccc2CN1)[C@@H](C)O)[C@@H](C)O)C(=O)O. The number of carboxylic acids is 1. The predicted octanol–water partition coefficient (Wildman–Crippen LogP) is -0.158. The zero-order valence-electron chi connectivity index (χ0n) is 23.0. The molecule has 1 aliphatic heterocycles. The molecule has 0 aliphatic carbocycles.